The average molecular weight is 482 g/mol. The summed E-state index contributed by atoms with van der Waals surface area (Å²) in [6.07, 6.45) is 1.56. The van der Waals surface area contributed by atoms with E-state index in [1.165, 1.54) is 0 Å². The second-order valence-corrected chi connectivity index (χ2v) is 9.80. The number of piperidine rings is 1. The third kappa shape index (κ3) is 3.69. The number of nitrogens with one attached hydrogen (secondary N) is 2. The van der Waals surface area contributed by atoms with Crippen LogP contribution in [-0.2, 0) is 15.1 Å². The number of carbonyl (C=O) groups is 3. The number of nitrogens with zero attached hydrogens (tertiary/aromatic N) is 3. The number of hydrogen-bond acceptors (Lipinski definition) is 4. The van der Waals surface area contributed by atoms with Crippen LogP contribution in [0.5, 0.6) is 0 Å². The molecule has 0 bridgehead atoms. The Hall–Kier alpha value is -4.20. The molecule has 0 aliphatic carbocycles. The Morgan fingerprint density at radius 1 is 1.00 bits per heavy atom. The van der Waals surface area contributed by atoms with Crippen LogP contribution in [0.2, 0.25) is 0 Å². The van der Waals surface area contributed by atoms with Gasteiger partial charge < -0.3 is 15.2 Å². The first-order chi connectivity index (χ1) is 17.4. The van der Waals surface area contributed by atoms with E-state index in [0.29, 0.717) is 18.7 Å². The number of imidazole rings is 1. The van der Waals surface area contributed by atoms with Crippen LogP contribution in [0.4, 0.5) is 4.79 Å². The zero-order valence-corrected chi connectivity index (χ0v) is 20.0. The van der Waals surface area contributed by atoms with E-state index in [0.717, 1.165) is 45.4 Å². The highest BCUT2D eigenvalue weighted by Gasteiger charge is 2.49. The molecule has 182 valence electrons. The highest BCUT2D eigenvalue weighted by molar-refractivity contribution is 6.09. The molecule has 8 nitrogen and oxygen atoms in total. The van der Waals surface area contributed by atoms with E-state index in [-0.39, 0.29) is 18.4 Å². The number of aromatic amines is 1. The maximum absolute atomic E-state index is 13.4. The molecule has 2 N–H and O–H groups in total. The van der Waals surface area contributed by atoms with Gasteiger partial charge in [0.2, 0.25) is 5.91 Å². The molecule has 1 atom stereocenters. The normalized spacial score (nSPS) is 20.9. The van der Waals surface area contributed by atoms with Crippen molar-refractivity contribution in [3.8, 4) is 0 Å². The Morgan fingerprint density at radius 3 is 2.50 bits per heavy atom. The lowest BCUT2D eigenvalue weighted by atomic mass is 9.90. The molecule has 3 heterocycles. The number of hydrogen-bond donors (Lipinski definition) is 2. The molecule has 2 fully saturated rings. The fourth-order valence-electron chi connectivity index (χ4n) is 5.34. The van der Waals surface area contributed by atoms with Gasteiger partial charge in [0.25, 0.3) is 5.91 Å². The fourth-order valence-corrected chi connectivity index (χ4v) is 5.34. The van der Waals surface area contributed by atoms with Gasteiger partial charge in [-0.15, -0.1) is 0 Å². The van der Waals surface area contributed by atoms with Gasteiger partial charge in [-0.25, -0.2) is 9.78 Å². The van der Waals surface area contributed by atoms with E-state index in [9.17, 15) is 14.4 Å². The van der Waals surface area contributed by atoms with Crippen molar-refractivity contribution in [1.29, 1.82) is 0 Å². The number of fused-ring (bicyclic) bond motifs is 2. The van der Waals surface area contributed by atoms with Gasteiger partial charge in [0.05, 0.1) is 11.0 Å². The highest BCUT2D eigenvalue weighted by atomic mass is 16.2. The predicted octanol–water partition coefficient (Wildman–Crippen LogP) is 3.89. The summed E-state index contributed by atoms with van der Waals surface area (Å²) in [6.45, 7) is 2.56. The number of urea groups is 1. The predicted molar refractivity (Wildman–Crippen MR) is 136 cm³/mol. The first-order valence-electron chi connectivity index (χ1n) is 12.3. The molecule has 8 heteroatoms. The molecule has 2 saturated heterocycles. The number of likely N-dealkylation sites (tertiary alicyclic amines) is 1. The van der Waals surface area contributed by atoms with Crippen LogP contribution in [0.1, 0.15) is 37.1 Å². The molecule has 2 aliphatic rings. The molecule has 2 aliphatic heterocycles. The van der Waals surface area contributed by atoms with Crippen molar-refractivity contribution < 1.29 is 14.4 Å². The van der Waals surface area contributed by atoms with Crippen LogP contribution >= 0.6 is 0 Å². The minimum atomic E-state index is -1.21. The molecule has 1 unspecified atom stereocenters. The van der Waals surface area contributed by atoms with Crippen LogP contribution in [0.3, 0.4) is 0 Å². The Kier molecular flexibility index (Phi) is 5.25. The Labute approximate surface area is 208 Å². The molecule has 0 saturated carbocycles. The number of benzene rings is 3. The monoisotopic (exact) mass is 481 g/mol. The van der Waals surface area contributed by atoms with E-state index < -0.39 is 17.5 Å². The number of carbonyl (C=O) groups excluding carboxylic acids is 3. The van der Waals surface area contributed by atoms with Gasteiger partial charge in [-0.3, -0.25) is 14.5 Å². The Bertz CT molecular complexity index is 1470. The van der Waals surface area contributed by atoms with Gasteiger partial charge in [0.1, 0.15) is 17.9 Å². The van der Waals surface area contributed by atoms with Gasteiger partial charge in [-0.1, -0.05) is 48.5 Å². The van der Waals surface area contributed by atoms with Crippen LogP contribution in [-0.4, -0.2) is 57.2 Å². The second kappa shape index (κ2) is 8.48. The number of amides is 4. The molecule has 6 rings (SSSR count). The van der Waals surface area contributed by atoms with Gasteiger partial charge in [-0.05, 0) is 54.3 Å². The van der Waals surface area contributed by atoms with Crippen molar-refractivity contribution in [3.63, 3.8) is 0 Å². The van der Waals surface area contributed by atoms with Crippen molar-refractivity contribution in [2.75, 3.05) is 19.6 Å². The lowest BCUT2D eigenvalue weighted by molar-refractivity contribution is -0.139. The number of H-pyrrole nitrogens is 1. The molecular weight excluding hydrogens is 454 g/mol. The molecule has 4 aromatic rings. The first-order valence-corrected chi connectivity index (χ1v) is 12.3. The fraction of sp³-hybridized carbons (Fsp3) is 0.286. The number of imide groups is 1. The zero-order chi connectivity index (χ0) is 24.9. The summed E-state index contributed by atoms with van der Waals surface area (Å²) in [5.41, 5.74) is 1.44. The number of aromatic nitrogens is 2. The summed E-state index contributed by atoms with van der Waals surface area (Å²) in [6, 6.07) is 21.0. The van der Waals surface area contributed by atoms with Gasteiger partial charge in [0.15, 0.2) is 0 Å². The van der Waals surface area contributed by atoms with Gasteiger partial charge in [-0.2, -0.15) is 0 Å². The van der Waals surface area contributed by atoms with Crippen LogP contribution in [0.25, 0.3) is 21.8 Å². The summed E-state index contributed by atoms with van der Waals surface area (Å²) < 4.78 is 0. The van der Waals surface area contributed by atoms with Crippen molar-refractivity contribution >= 4 is 39.7 Å². The average Bonchev–Trinajstić information content (AvgIpc) is 3.43. The zero-order valence-electron chi connectivity index (χ0n) is 20.0. The largest absolute Gasteiger partial charge is 0.342 e. The standard InChI is InChI=1S/C28H27N5O3/c1-28(21-11-10-18-6-2-3-7-20(18)16-21)26(35)33(27(36)31-28)17-24(34)32-14-12-19(13-15-32)25-29-22-8-4-5-9-23(22)30-25/h2-11,16,19H,12-15,17H2,1H3,(H,29,30)(H,31,36). The van der Waals surface area contributed by atoms with Crippen LogP contribution in [0.15, 0.2) is 66.7 Å². The Balaban J connectivity index is 1.12. The molecule has 0 radical (unpaired) electrons. The smallest absolute Gasteiger partial charge is 0.325 e. The summed E-state index contributed by atoms with van der Waals surface area (Å²) in [5, 5.41) is 4.86. The molecule has 1 aromatic heterocycles. The van der Waals surface area contributed by atoms with Crippen molar-refractivity contribution in [2.24, 2.45) is 0 Å². The van der Waals surface area contributed by atoms with E-state index in [4.69, 9.17) is 4.98 Å². The van der Waals surface area contributed by atoms with E-state index in [1.54, 1.807) is 11.8 Å². The Morgan fingerprint density at radius 2 is 1.72 bits per heavy atom. The maximum atomic E-state index is 13.4. The summed E-state index contributed by atoms with van der Waals surface area (Å²) in [5.74, 6) is 0.565. The minimum absolute atomic E-state index is 0.218. The summed E-state index contributed by atoms with van der Waals surface area (Å²) in [7, 11) is 0. The van der Waals surface area contributed by atoms with E-state index in [2.05, 4.69) is 10.3 Å². The minimum Gasteiger partial charge on any atom is -0.342 e. The number of para-hydroxylation sites is 2. The first kappa shape index (κ1) is 22.3. The highest BCUT2D eigenvalue weighted by Crippen LogP contribution is 2.32. The summed E-state index contributed by atoms with van der Waals surface area (Å²) in [4.78, 5) is 50.1. The van der Waals surface area contributed by atoms with E-state index >= 15 is 0 Å². The lowest BCUT2D eigenvalue weighted by Gasteiger charge is -2.32. The number of rotatable bonds is 4. The second-order valence-electron chi connectivity index (χ2n) is 9.80. The van der Waals surface area contributed by atoms with E-state index in [1.807, 2.05) is 66.7 Å². The SMILES string of the molecule is CC1(c2ccc3ccccc3c2)NC(=O)N(CC(=O)N2CCC(c3nc4ccccc4[nH]3)CC2)C1=O. The lowest BCUT2D eigenvalue weighted by Crippen LogP contribution is -2.46. The van der Waals surface area contributed by atoms with Crippen molar-refractivity contribution in [2.45, 2.75) is 31.2 Å². The third-order valence-electron chi connectivity index (χ3n) is 7.54. The summed E-state index contributed by atoms with van der Waals surface area (Å²) >= 11 is 0. The topological polar surface area (TPSA) is 98.4 Å². The van der Waals surface area contributed by atoms with Crippen LogP contribution in [0, 0.1) is 0 Å². The third-order valence-corrected chi connectivity index (χ3v) is 7.54. The van der Waals surface area contributed by atoms with Gasteiger partial charge >= 0.3 is 6.03 Å². The van der Waals surface area contributed by atoms with Crippen molar-refractivity contribution in [3.05, 3.63) is 78.1 Å². The van der Waals surface area contributed by atoms with Crippen LogP contribution < -0.4 is 5.32 Å². The molecule has 4 amide bonds. The van der Waals surface area contributed by atoms with Crippen molar-refractivity contribution in [1.82, 2.24) is 25.1 Å². The quantitative estimate of drug-likeness (QED) is 0.432. The molecule has 3 aromatic carbocycles. The molecule has 36 heavy (non-hydrogen) atoms. The molecular formula is C28H27N5O3. The van der Waals surface area contributed by atoms with Gasteiger partial charge in [0, 0.05) is 19.0 Å². The molecule has 0 spiro atoms. The maximum Gasteiger partial charge on any atom is 0.325 e.